The predicted molar refractivity (Wildman–Crippen MR) is 60.7 cm³/mol. The highest BCUT2D eigenvalue weighted by molar-refractivity contribution is 5.78. The first-order chi connectivity index (χ1) is 7.22. The Hall–Kier alpha value is -0.410. The molecule has 0 radical (unpaired) electrons. The molecule has 0 spiro atoms. The monoisotopic (exact) mass is 213 g/mol. The van der Waals surface area contributed by atoms with Crippen LogP contribution in [0, 0.1) is 0 Å². The molecule has 0 aromatic carbocycles. The molecule has 1 saturated heterocycles. The maximum Gasteiger partial charge on any atom is 0.134 e. The Bertz CT molecular complexity index is 188. The molecule has 1 fully saturated rings. The molecule has 2 N–H and O–H groups in total. The molecule has 1 heterocycles. The Morgan fingerprint density at radius 2 is 2.40 bits per heavy atom. The maximum absolute atomic E-state index is 11.5. The molecule has 0 aliphatic carbocycles. The zero-order valence-corrected chi connectivity index (χ0v) is 9.71. The van der Waals surface area contributed by atoms with Crippen molar-refractivity contribution in [1.82, 2.24) is 0 Å². The second-order valence-electron chi connectivity index (χ2n) is 4.47. The van der Waals surface area contributed by atoms with Crippen molar-refractivity contribution in [3.8, 4) is 0 Å². The number of hydrogen-bond acceptors (Lipinski definition) is 3. The number of carbonyl (C=O) groups excluding carboxylic acids is 1. The highest BCUT2D eigenvalue weighted by Crippen LogP contribution is 2.17. The molecule has 3 nitrogen and oxygen atoms in total. The second-order valence-corrected chi connectivity index (χ2v) is 4.47. The van der Waals surface area contributed by atoms with Gasteiger partial charge in [0.2, 0.25) is 0 Å². The van der Waals surface area contributed by atoms with Gasteiger partial charge in [0, 0.05) is 25.5 Å². The summed E-state index contributed by atoms with van der Waals surface area (Å²) < 4.78 is 5.47. The summed E-state index contributed by atoms with van der Waals surface area (Å²) in [5, 5.41) is 0. The lowest BCUT2D eigenvalue weighted by molar-refractivity contribution is -0.120. The van der Waals surface area contributed by atoms with Crippen LogP contribution in [0.2, 0.25) is 0 Å². The summed E-state index contributed by atoms with van der Waals surface area (Å²) in [6.07, 6.45) is 6.67. The molecule has 0 aromatic rings. The molecule has 1 rings (SSSR count). The van der Waals surface area contributed by atoms with Crippen LogP contribution in [0.4, 0.5) is 0 Å². The van der Waals surface area contributed by atoms with Gasteiger partial charge >= 0.3 is 0 Å². The lowest BCUT2D eigenvalue weighted by Gasteiger charge is -2.11. The smallest absolute Gasteiger partial charge is 0.134 e. The van der Waals surface area contributed by atoms with Gasteiger partial charge in [-0.1, -0.05) is 13.3 Å². The van der Waals surface area contributed by atoms with E-state index in [0.717, 1.165) is 38.7 Å². The molecule has 0 bridgehead atoms. The number of hydrogen-bond donors (Lipinski definition) is 1. The van der Waals surface area contributed by atoms with Gasteiger partial charge in [0.1, 0.15) is 5.78 Å². The molecule has 0 amide bonds. The van der Waals surface area contributed by atoms with Gasteiger partial charge in [-0.25, -0.2) is 0 Å². The molecule has 2 atom stereocenters. The predicted octanol–water partition coefficient (Wildman–Crippen LogP) is 2.03. The Morgan fingerprint density at radius 3 is 3.00 bits per heavy atom. The normalized spacial score (nSPS) is 22.9. The summed E-state index contributed by atoms with van der Waals surface area (Å²) in [5.41, 5.74) is 5.82. The number of ether oxygens (including phenoxy) is 1. The number of nitrogens with two attached hydrogens (primary N) is 1. The topological polar surface area (TPSA) is 52.3 Å². The van der Waals surface area contributed by atoms with E-state index in [9.17, 15) is 4.79 Å². The third-order valence-electron chi connectivity index (χ3n) is 2.92. The van der Waals surface area contributed by atoms with Crippen LogP contribution in [-0.4, -0.2) is 24.5 Å². The number of Topliss-reactive ketones (excluding diaryl/α,β-unsaturated/α-hetero) is 1. The Morgan fingerprint density at radius 1 is 1.60 bits per heavy atom. The van der Waals surface area contributed by atoms with E-state index in [1.54, 1.807) is 0 Å². The fraction of sp³-hybridized carbons (Fsp3) is 0.917. The van der Waals surface area contributed by atoms with Crippen molar-refractivity contribution in [2.24, 2.45) is 5.73 Å². The lowest BCUT2D eigenvalue weighted by atomic mass is 10.0. The Balaban J connectivity index is 2.07. The molecule has 1 aliphatic heterocycles. The van der Waals surface area contributed by atoms with E-state index in [0.29, 0.717) is 24.7 Å². The fourth-order valence-corrected chi connectivity index (χ4v) is 2.06. The van der Waals surface area contributed by atoms with E-state index in [1.807, 2.05) is 0 Å². The zero-order chi connectivity index (χ0) is 11.1. The Labute approximate surface area is 92.4 Å². The SMILES string of the molecule is CCCC(N)CC(=O)CCC1CCCO1. The first-order valence-corrected chi connectivity index (χ1v) is 6.11. The quantitative estimate of drug-likeness (QED) is 0.704. The largest absolute Gasteiger partial charge is 0.378 e. The standard InChI is InChI=1S/C12H23NO2/c1-2-4-10(13)9-11(14)6-7-12-5-3-8-15-12/h10,12H,2-9,13H2,1H3. The van der Waals surface area contributed by atoms with Gasteiger partial charge in [0.25, 0.3) is 0 Å². The van der Waals surface area contributed by atoms with E-state index in [1.165, 1.54) is 0 Å². The summed E-state index contributed by atoms with van der Waals surface area (Å²) >= 11 is 0. The number of rotatable bonds is 7. The molecule has 0 aromatic heterocycles. The molecule has 3 heteroatoms. The van der Waals surface area contributed by atoms with E-state index in [2.05, 4.69) is 6.92 Å². The van der Waals surface area contributed by atoms with E-state index >= 15 is 0 Å². The zero-order valence-electron chi connectivity index (χ0n) is 9.71. The van der Waals surface area contributed by atoms with Crippen LogP contribution < -0.4 is 5.73 Å². The summed E-state index contributed by atoms with van der Waals surface area (Å²) in [7, 11) is 0. The maximum atomic E-state index is 11.5. The lowest BCUT2D eigenvalue weighted by Crippen LogP contribution is -2.23. The van der Waals surface area contributed by atoms with Crippen LogP contribution >= 0.6 is 0 Å². The van der Waals surface area contributed by atoms with Crippen molar-refractivity contribution in [2.75, 3.05) is 6.61 Å². The third-order valence-corrected chi connectivity index (χ3v) is 2.92. The van der Waals surface area contributed by atoms with E-state index in [-0.39, 0.29) is 6.04 Å². The van der Waals surface area contributed by atoms with E-state index in [4.69, 9.17) is 10.5 Å². The molecular formula is C12H23NO2. The van der Waals surface area contributed by atoms with Crippen LogP contribution in [0.3, 0.4) is 0 Å². The van der Waals surface area contributed by atoms with Crippen molar-refractivity contribution < 1.29 is 9.53 Å². The fourth-order valence-electron chi connectivity index (χ4n) is 2.06. The first-order valence-electron chi connectivity index (χ1n) is 6.11. The van der Waals surface area contributed by atoms with Crippen molar-refractivity contribution >= 4 is 5.78 Å². The number of carbonyl (C=O) groups is 1. The van der Waals surface area contributed by atoms with Gasteiger partial charge in [0.05, 0.1) is 6.10 Å². The van der Waals surface area contributed by atoms with Crippen LogP contribution in [0.5, 0.6) is 0 Å². The Kier molecular flexibility index (Phi) is 5.88. The molecule has 15 heavy (non-hydrogen) atoms. The molecule has 2 unspecified atom stereocenters. The third kappa shape index (κ3) is 5.28. The average Bonchev–Trinajstić information content (AvgIpc) is 2.67. The van der Waals surface area contributed by atoms with Crippen molar-refractivity contribution in [3.05, 3.63) is 0 Å². The van der Waals surface area contributed by atoms with Gasteiger partial charge in [-0.15, -0.1) is 0 Å². The van der Waals surface area contributed by atoms with Crippen LogP contribution in [0.15, 0.2) is 0 Å². The summed E-state index contributed by atoms with van der Waals surface area (Å²) in [4.78, 5) is 11.5. The van der Waals surface area contributed by atoms with E-state index < -0.39 is 0 Å². The minimum atomic E-state index is 0.0620. The van der Waals surface area contributed by atoms with Crippen molar-refractivity contribution in [3.63, 3.8) is 0 Å². The molecule has 0 saturated carbocycles. The van der Waals surface area contributed by atoms with Gasteiger partial charge in [-0.3, -0.25) is 4.79 Å². The molecule has 88 valence electrons. The minimum Gasteiger partial charge on any atom is -0.378 e. The summed E-state index contributed by atoms with van der Waals surface area (Å²) in [6.45, 7) is 2.96. The minimum absolute atomic E-state index is 0.0620. The highest BCUT2D eigenvalue weighted by atomic mass is 16.5. The molecular weight excluding hydrogens is 190 g/mol. The van der Waals surface area contributed by atoms with Crippen LogP contribution in [0.25, 0.3) is 0 Å². The first kappa shape index (κ1) is 12.7. The molecule has 1 aliphatic rings. The van der Waals surface area contributed by atoms with Crippen LogP contribution in [-0.2, 0) is 9.53 Å². The highest BCUT2D eigenvalue weighted by Gasteiger charge is 2.17. The van der Waals surface area contributed by atoms with Gasteiger partial charge in [-0.2, -0.15) is 0 Å². The summed E-state index contributed by atoms with van der Waals surface area (Å²) in [5.74, 6) is 0.298. The van der Waals surface area contributed by atoms with Gasteiger partial charge in [0.15, 0.2) is 0 Å². The number of ketones is 1. The van der Waals surface area contributed by atoms with Gasteiger partial charge in [-0.05, 0) is 25.7 Å². The van der Waals surface area contributed by atoms with Gasteiger partial charge < -0.3 is 10.5 Å². The second kappa shape index (κ2) is 6.96. The van der Waals surface area contributed by atoms with Crippen molar-refractivity contribution in [2.45, 2.75) is 64.0 Å². The summed E-state index contributed by atoms with van der Waals surface area (Å²) in [6, 6.07) is 0.0620. The average molecular weight is 213 g/mol. The van der Waals surface area contributed by atoms with Crippen LogP contribution in [0.1, 0.15) is 51.9 Å². The van der Waals surface area contributed by atoms with Crippen molar-refractivity contribution in [1.29, 1.82) is 0 Å².